The van der Waals surface area contributed by atoms with E-state index in [1.807, 2.05) is 35.2 Å². The molecule has 2 aliphatic rings. The van der Waals surface area contributed by atoms with Crippen LogP contribution < -0.4 is 4.90 Å². The second kappa shape index (κ2) is 13.6. The Kier molecular flexibility index (Phi) is 9.62. The van der Waals surface area contributed by atoms with E-state index in [1.165, 1.54) is 30.5 Å². The molecular formula is C34H38F3N3O2. The van der Waals surface area contributed by atoms with E-state index < -0.39 is 17.7 Å². The van der Waals surface area contributed by atoms with Gasteiger partial charge < -0.3 is 14.7 Å². The first-order valence-electron chi connectivity index (χ1n) is 14.8. The van der Waals surface area contributed by atoms with Gasteiger partial charge in [-0.15, -0.1) is 0 Å². The molecule has 5 nitrogen and oxygen atoms in total. The zero-order valence-corrected chi connectivity index (χ0v) is 23.8. The maximum atomic E-state index is 13.8. The summed E-state index contributed by atoms with van der Waals surface area (Å²) in [6, 6.07) is 25.1. The number of rotatable bonds is 10. The molecule has 3 aromatic carbocycles. The summed E-state index contributed by atoms with van der Waals surface area (Å²) < 4.78 is 38.7. The largest absolute Gasteiger partial charge is 0.416 e. The number of hydrogen-bond acceptors (Lipinski definition) is 3. The van der Waals surface area contributed by atoms with E-state index in [2.05, 4.69) is 35.2 Å². The van der Waals surface area contributed by atoms with Gasteiger partial charge in [0.2, 0.25) is 11.8 Å². The first-order chi connectivity index (χ1) is 20.3. The van der Waals surface area contributed by atoms with Crippen molar-refractivity contribution >= 4 is 17.5 Å². The molecule has 0 aliphatic carbocycles. The molecule has 2 aliphatic heterocycles. The number of halogens is 3. The first-order valence-corrected chi connectivity index (χ1v) is 14.8. The van der Waals surface area contributed by atoms with Crippen LogP contribution in [-0.2, 0) is 28.7 Å². The summed E-state index contributed by atoms with van der Waals surface area (Å²) in [5.74, 6) is -0.0111. The van der Waals surface area contributed by atoms with Gasteiger partial charge in [-0.25, -0.2) is 0 Å². The highest BCUT2D eigenvalue weighted by atomic mass is 19.4. The summed E-state index contributed by atoms with van der Waals surface area (Å²) in [6.45, 7) is 4.05. The van der Waals surface area contributed by atoms with Gasteiger partial charge in [0.1, 0.15) is 0 Å². The van der Waals surface area contributed by atoms with Crippen molar-refractivity contribution in [3.05, 3.63) is 102 Å². The predicted octanol–water partition coefficient (Wildman–Crippen LogP) is 6.43. The zero-order chi connectivity index (χ0) is 29.5. The van der Waals surface area contributed by atoms with Crippen molar-refractivity contribution in [1.82, 2.24) is 9.80 Å². The Morgan fingerprint density at radius 1 is 0.857 bits per heavy atom. The molecule has 2 fully saturated rings. The minimum atomic E-state index is -4.40. The average Bonchev–Trinajstić information content (AvgIpc) is 3.36. The Balaban J connectivity index is 1.14. The molecule has 222 valence electrons. The van der Waals surface area contributed by atoms with Crippen LogP contribution in [-0.4, -0.2) is 54.3 Å². The number of likely N-dealkylation sites (tertiary alicyclic amines) is 2. The monoisotopic (exact) mass is 577 g/mol. The van der Waals surface area contributed by atoms with Crippen molar-refractivity contribution in [3.8, 4) is 0 Å². The lowest BCUT2D eigenvalue weighted by atomic mass is 9.90. The van der Waals surface area contributed by atoms with Crippen molar-refractivity contribution in [2.45, 2.75) is 44.8 Å². The molecule has 2 amide bonds. The van der Waals surface area contributed by atoms with Crippen molar-refractivity contribution < 1.29 is 22.8 Å². The van der Waals surface area contributed by atoms with Crippen molar-refractivity contribution in [3.63, 3.8) is 0 Å². The van der Waals surface area contributed by atoms with Crippen molar-refractivity contribution in [2.75, 3.05) is 37.6 Å². The number of para-hydroxylation sites is 1. The number of anilines is 1. The molecule has 0 N–H and O–H groups in total. The lowest BCUT2D eigenvalue weighted by molar-refractivity contribution is -0.137. The quantitative estimate of drug-likeness (QED) is 0.279. The molecule has 42 heavy (non-hydrogen) atoms. The summed E-state index contributed by atoms with van der Waals surface area (Å²) in [4.78, 5) is 32.4. The van der Waals surface area contributed by atoms with Gasteiger partial charge in [0.15, 0.2) is 0 Å². The number of carbonyl (C=O) groups is 2. The topological polar surface area (TPSA) is 43.9 Å². The third-order valence-electron chi connectivity index (χ3n) is 8.48. The number of alkyl halides is 3. The number of amides is 2. The standard InChI is InChI=1S/C34H38F3N3O2/c35-34(36,37)30-14-12-28(13-15-30)24-39-25-29(23-32(39)41)33(42)40(31-10-5-2-6-11-31)19-7-18-38-20-16-27(17-21-38)22-26-8-3-1-4-9-26/h1-6,8-15,27,29H,7,16-25H2. The fourth-order valence-electron chi connectivity index (χ4n) is 6.12. The second-order valence-corrected chi connectivity index (χ2v) is 11.5. The molecular weight excluding hydrogens is 539 g/mol. The molecule has 0 spiro atoms. The van der Waals surface area contributed by atoms with E-state index in [0.29, 0.717) is 18.0 Å². The molecule has 0 radical (unpaired) electrons. The fourth-order valence-corrected chi connectivity index (χ4v) is 6.12. The Bertz CT molecular complexity index is 1310. The number of piperidine rings is 1. The third-order valence-corrected chi connectivity index (χ3v) is 8.48. The van der Waals surface area contributed by atoms with Gasteiger partial charge in [0.25, 0.3) is 0 Å². The van der Waals surface area contributed by atoms with Crippen molar-refractivity contribution in [2.24, 2.45) is 11.8 Å². The third kappa shape index (κ3) is 7.79. The number of hydrogen-bond donors (Lipinski definition) is 0. The highest BCUT2D eigenvalue weighted by Crippen LogP contribution is 2.30. The molecule has 2 heterocycles. The normalized spacial score (nSPS) is 18.4. The van der Waals surface area contributed by atoms with E-state index in [1.54, 1.807) is 4.90 Å². The van der Waals surface area contributed by atoms with Gasteiger partial charge >= 0.3 is 6.18 Å². The van der Waals surface area contributed by atoms with Gasteiger partial charge in [-0.1, -0.05) is 60.7 Å². The second-order valence-electron chi connectivity index (χ2n) is 11.5. The van der Waals surface area contributed by atoms with E-state index >= 15 is 0 Å². The van der Waals surface area contributed by atoms with Gasteiger partial charge in [0, 0.05) is 31.7 Å². The van der Waals surface area contributed by atoms with Gasteiger partial charge in [0.05, 0.1) is 11.5 Å². The molecule has 0 bridgehead atoms. The van der Waals surface area contributed by atoms with Crippen LogP contribution in [0.1, 0.15) is 42.4 Å². The highest BCUT2D eigenvalue weighted by molar-refractivity contribution is 5.99. The zero-order valence-electron chi connectivity index (χ0n) is 23.8. The summed E-state index contributed by atoms with van der Waals surface area (Å²) >= 11 is 0. The number of benzene rings is 3. The van der Waals surface area contributed by atoms with Crippen LogP contribution in [0, 0.1) is 11.8 Å². The summed E-state index contributed by atoms with van der Waals surface area (Å²) in [5.41, 5.74) is 2.10. The lowest BCUT2D eigenvalue weighted by Crippen LogP contribution is -2.40. The van der Waals surface area contributed by atoms with Crippen LogP contribution in [0.25, 0.3) is 0 Å². The predicted molar refractivity (Wildman–Crippen MR) is 158 cm³/mol. The fraction of sp³-hybridized carbons (Fsp3) is 0.412. The summed E-state index contributed by atoms with van der Waals surface area (Å²) in [7, 11) is 0. The molecule has 0 aromatic heterocycles. The lowest BCUT2D eigenvalue weighted by Gasteiger charge is -2.33. The summed E-state index contributed by atoms with van der Waals surface area (Å²) in [6.07, 6.45) is 0.0160. The highest BCUT2D eigenvalue weighted by Gasteiger charge is 2.37. The maximum absolute atomic E-state index is 13.8. The van der Waals surface area contributed by atoms with Crippen LogP contribution in [0.3, 0.4) is 0 Å². The molecule has 5 rings (SSSR count). The smallest absolute Gasteiger partial charge is 0.338 e. The minimum Gasteiger partial charge on any atom is -0.338 e. The Morgan fingerprint density at radius 3 is 2.14 bits per heavy atom. The molecule has 8 heteroatoms. The van der Waals surface area contributed by atoms with Crippen LogP contribution in [0.4, 0.5) is 18.9 Å². The van der Waals surface area contributed by atoms with E-state index in [9.17, 15) is 22.8 Å². The van der Waals surface area contributed by atoms with Crippen LogP contribution >= 0.6 is 0 Å². The van der Waals surface area contributed by atoms with Crippen LogP contribution in [0.15, 0.2) is 84.9 Å². The molecule has 2 saturated heterocycles. The van der Waals surface area contributed by atoms with E-state index in [-0.39, 0.29) is 31.3 Å². The first kappa shape index (κ1) is 29.8. The summed E-state index contributed by atoms with van der Waals surface area (Å²) in [5, 5.41) is 0. The molecule has 3 aromatic rings. The van der Waals surface area contributed by atoms with Crippen LogP contribution in [0.2, 0.25) is 0 Å². The van der Waals surface area contributed by atoms with E-state index in [4.69, 9.17) is 0 Å². The van der Waals surface area contributed by atoms with Gasteiger partial charge in [-0.3, -0.25) is 9.59 Å². The molecule has 1 unspecified atom stereocenters. The van der Waals surface area contributed by atoms with Gasteiger partial charge in [-0.05, 0) is 86.6 Å². The molecule has 0 saturated carbocycles. The number of carbonyl (C=O) groups excluding carboxylic acids is 2. The van der Waals surface area contributed by atoms with Gasteiger partial charge in [-0.2, -0.15) is 13.2 Å². The minimum absolute atomic E-state index is 0.0777. The van der Waals surface area contributed by atoms with Crippen LogP contribution in [0.5, 0.6) is 0 Å². The average molecular weight is 578 g/mol. The Morgan fingerprint density at radius 2 is 1.50 bits per heavy atom. The number of nitrogens with zero attached hydrogens (tertiary/aromatic N) is 3. The molecule has 1 atom stereocenters. The van der Waals surface area contributed by atoms with E-state index in [0.717, 1.165) is 50.3 Å². The van der Waals surface area contributed by atoms with Crippen molar-refractivity contribution in [1.29, 1.82) is 0 Å². The maximum Gasteiger partial charge on any atom is 0.416 e. The Hall–Kier alpha value is -3.65. The Labute approximate surface area is 245 Å². The SMILES string of the molecule is O=C1CC(C(=O)N(CCCN2CCC(Cc3ccccc3)CC2)c2ccccc2)CN1Cc1ccc(C(F)(F)F)cc1.